The Hall–Kier alpha value is -1.80. The first-order chi connectivity index (χ1) is 8.66. The lowest BCUT2D eigenvalue weighted by molar-refractivity contribution is 0.295. The molecule has 4 nitrogen and oxygen atoms in total. The summed E-state index contributed by atoms with van der Waals surface area (Å²) < 4.78 is 29.3. The molecule has 5 heteroatoms. The summed E-state index contributed by atoms with van der Waals surface area (Å²) in [6, 6.07) is 6.38. The molecule has 0 saturated carbocycles. The van der Waals surface area contributed by atoms with E-state index in [0.717, 1.165) is 11.8 Å². The fourth-order valence-electron chi connectivity index (χ4n) is 1.27. The molecule has 19 heavy (non-hydrogen) atoms. The van der Waals surface area contributed by atoms with Crippen LogP contribution in [0.3, 0.4) is 0 Å². The van der Waals surface area contributed by atoms with Gasteiger partial charge in [0.2, 0.25) is 0 Å². The van der Waals surface area contributed by atoms with Crippen molar-refractivity contribution in [3.8, 4) is 0 Å². The molecule has 0 saturated heterocycles. The Labute approximate surface area is 114 Å². The predicted molar refractivity (Wildman–Crippen MR) is 73.6 cm³/mol. The molecule has 1 aromatic rings. The van der Waals surface area contributed by atoms with Crippen LogP contribution in [0.25, 0.3) is 4.85 Å². The Morgan fingerprint density at radius 3 is 2.21 bits per heavy atom. The Balaban J connectivity index is 3.13. The third-order valence-corrected chi connectivity index (χ3v) is 3.68. The minimum atomic E-state index is -3.89. The summed E-state index contributed by atoms with van der Waals surface area (Å²) in [7, 11) is -3.89. The molecule has 0 unspecified atom stereocenters. The first-order valence-electron chi connectivity index (χ1n) is 5.75. The molecule has 0 bridgehead atoms. The van der Waals surface area contributed by atoms with Gasteiger partial charge >= 0.3 is 10.1 Å². The fraction of sp³-hybridized carbons (Fsp3) is 0.357. The van der Waals surface area contributed by atoms with Crippen molar-refractivity contribution in [1.29, 1.82) is 0 Å². The lowest BCUT2D eigenvalue weighted by Crippen LogP contribution is -2.16. The van der Waals surface area contributed by atoms with Gasteiger partial charge in [-0.05, 0) is 19.1 Å². The second-order valence-electron chi connectivity index (χ2n) is 5.22. The van der Waals surface area contributed by atoms with Crippen LogP contribution in [-0.2, 0) is 14.3 Å². The van der Waals surface area contributed by atoms with Gasteiger partial charge in [-0.1, -0.05) is 38.5 Å². The van der Waals surface area contributed by atoms with Crippen LogP contribution in [0.1, 0.15) is 26.3 Å². The highest BCUT2D eigenvalue weighted by Gasteiger charge is 2.25. The van der Waals surface area contributed by atoms with Crippen LogP contribution in [0.15, 0.2) is 41.1 Å². The summed E-state index contributed by atoms with van der Waals surface area (Å²) in [5, 5.41) is 0. The van der Waals surface area contributed by atoms with E-state index < -0.39 is 15.5 Å². The highest BCUT2D eigenvalue weighted by molar-refractivity contribution is 7.86. The monoisotopic (exact) mass is 279 g/mol. The van der Waals surface area contributed by atoms with E-state index >= 15 is 0 Å². The molecule has 0 heterocycles. The van der Waals surface area contributed by atoms with Crippen LogP contribution in [0.5, 0.6) is 0 Å². The lowest BCUT2D eigenvalue weighted by Gasteiger charge is -2.22. The van der Waals surface area contributed by atoms with Crippen LogP contribution in [0, 0.1) is 18.9 Å². The second kappa shape index (κ2) is 5.45. The van der Waals surface area contributed by atoms with E-state index in [2.05, 4.69) is 4.85 Å². The Bertz CT molecular complexity index is 614. The molecular formula is C14H17NO3S. The average Bonchev–Trinajstić information content (AvgIpc) is 2.27. The van der Waals surface area contributed by atoms with E-state index in [1.54, 1.807) is 32.9 Å². The zero-order valence-electron chi connectivity index (χ0n) is 11.5. The van der Waals surface area contributed by atoms with Gasteiger partial charge in [0.1, 0.15) is 10.7 Å². The van der Waals surface area contributed by atoms with Crippen LogP contribution >= 0.6 is 0 Å². The van der Waals surface area contributed by atoms with E-state index in [-0.39, 0.29) is 10.7 Å². The average molecular weight is 279 g/mol. The highest BCUT2D eigenvalue weighted by atomic mass is 32.2. The van der Waals surface area contributed by atoms with Crippen molar-refractivity contribution in [2.24, 2.45) is 5.41 Å². The van der Waals surface area contributed by atoms with Crippen molar-refractivity contribution in [2.45, 2.75) is 32.6 Å². The van der Waals surface area contributed by atoms with Gasteiger partial charge in [-0.25, -0.2) is 4.85 Å². The van der Waals surface area contributed by atoms with Crippen molar-refractivity contribution in [2.75, 3.05) is 0 Å². The van der Waals surface area contributed by atoms with Gasteiger partial charge in [-0.15, -0.1) is 0 Å². The van der Waals surface area contributed by atoms with Crippen molar-refractivity contribution >= 4 is 10.1 Å². The normalized spacial score (nSPS) is 12.9. The largest absolute Gasteiger partial charge is 0.395 e. The summed E-state index contributed by atoms with van der Waals surface area (Å²) in [4.78, 5) is 3.17. The summed E-state index contributed by atoms with van der Waals surface area (Å²) in [6.07, 6.45) is 1.10. The molecule has 0 fully saturated rings. The number of allylic oxidation sites excluding steroid dienone is 1. The van der Waals surface area contributed by atoms with Gasteiger partial charge in [0.05, 0.1) is 6.57 Å². The van der Waals surface area contributed by atoms with E-state index in [4.69, 9.17) is 10.8 Å². The quantitative estimate of drug-likeness (QED) is 0.483. The van der Waals surface area contributed by atoms with Crippen LogP contribution < -0.4 is 0 Å². The van der Waals surface area contributed by atoms with Crippen LogP contribution in [0.4, 0.5) is 0 Å². The molecule has 0 aliphatic heterocycles. The maximum Gasteiger partial charge on any atom is 0.337 e. The molecule has 0 aliphatic carbocycles. The fourth-order valence-corrected chi connectivity index (χ4v) is 2.37. The number of hydrogen-bond acceptors (Lipinski definition) is 3. The standard InChI is InChI=1S/C14H17NO3S/c1-11-6-8-12(9-7-11)19(16,17)18-13(10-15-5)14(2,3)4/h6-10H,1-4H3. The topological polar surface area (TPSA) is 47.7 Å². The van der Waals surface area contributed by atoms with Gasteiger partial charge in [-0.3, -0.25) is 0 Å². The van der Waals surface area contributed by atoms with Crippen molar-refractivity contribution in [1.82, 2.24) is 0 Å². The molecular weight excluding hydrogens is 262 g/mol. The number of nitrogens with zero attached hydrogens (tertiary/aromatic N) is 1. The first-order valence-corrected chi connectivity index (χ1v) is 7.16. The third kappa shape index (κ3) is 4.11. The minimum absolute atomic E-state index is 0.0817. The van der Waals surface area contributed by atoms with Gasteiger partial charge in [0, 0.05) is 5.41 Å². The SMILES string of the molecule is [C-]#[N+]C=C(OS(=O)(=O)c1ccc(C)cc1)C(C)(C)C. The Morgan fingerprint density at radius 1 is 1.26 bits per heavy atom. The molecule has 0 spiro atoms. The molecule has 0 amide bonds. The number of benzene rings is 1. The van der Waals surface area contributed by atoms with E-state index in [1.807, 2.05) is 6.92 Å². The van der Waals surface area contributed by atoms with Gasteiger partial charge < -0.3 is 4.18 Å². The Morgan fingerprint density at radius 2 is 1.79 bits per heavy atom. The summed E-state index contributed by atoms with van der Waals surface area (Å²) in [6.45, 7) is 14.1. The second-order valence-corrected chi connectivity index (χ2v) is 6.77. The zero-order chi connectivity index (χ0) is 14.7. The van der Waals surface area contributed by atoms with Crippen LogP contribution in [0.2, 0.25) is 0 Å². The molecule has 0 aliphatic rings. The predicted octanol–water partition coefficient (Wildman–Crippen LogP) is 3.51. The molecule has 1 rings (SSSR count). The van der Waals surface area contributed by atoms with E-state index in [1.165, 1.54) is 12.1 Å². The highest BCUT2D eigenvalue weighted by Crippen LogP contribution is 2.29. The number of rotatable bonds is 3. The van der Waals surface area contributed by atoms with Crippen LogP contribution in [-0.4, -0.2) is 8.42 Å². The minimum Gasteiger partial charge on any atom is -0.395 e. The van der Waals surface area contributed by atoms with Crippen molar-refractivity contribution in [3.63, 3.8) is 0 Å². The third-order valence-electron chi connectivity index (χ3n) is 2.43. The smallest absolute Gasteiger partial charge is 0.337 e. The van der Waals surface area contributed by atoms with E-state index in [0.29, 0.717) is 0 Å². The molecule has 0 atom stereocenters. The molecule has 0 aromatic heterocycles. The summed E-state index contributed by atoms with van der Waals surface area (Å²) in [5.41, 5.74) is 0.411. The molecule has 0 radical (unpaired) electrons. The first kappa shape index (κ1) is 15.3. The van der Waals surface area contributed by atoms with Crippen molar-refractivity contribution in [3.05, 3.63) is 53.2 Å². The zero-order valence-corrected chi connectivity index (χ0v) is 12.3. The number of aryl methyl sites for hydroxylation is 1. The number of hydrogen-bond donors (Lipinski definition) is 0. The van der Waals surface area contributed by atoms with Gasteiger partial charge in [0.15, 0.2) is 6.20 Å². The molecule has 102 valence electrons. The summed E-state index contributed by atoms with van der Waals surface area (Å²) >= 11 is 0. The summed E-state index contributed by atoms with van der Waals surface area (Å²) in [5.74, 6) is 0.128. The van der Waals surface area contributed by atoms with E-state index in [9.17, 15) is 8.42 Å². The lowest BCUT2D eigenvalue weighted by atomic mass is 9.95. The van der Waals surface area contributed by atoms with Gasteiger partial charge in [-0.2, -0.15) is 8.42 Å². The molecule has 0 N–H and O–H groups in total. The van der Waals surface area contributed by atoms with Crippen molar-refractivity contribution < 1.29 is 12.6 Å². The Kier molecular flexibility index (Phi) is 4.38. The maximum absolute atomic E-state index is 12.1. The van der Waals surface area contributed by atoms with Gasteiger partial charge in [0.25, 0.3) is 0 Å². The maximum atomic E-state index is 12.1. The molecule has 1 aromatic carbocycles.